The van der Waals surface area contributed by atoms with Gasteiger partial charge >= 0.3 is 5.97 Å². The lowest BCUT2D eigenvalue weighted by molar-refractivity contribution is -0.210. The van der Waals surface area contributed by atoms with E-state index in [9.17, 15) is 15.0 Å². The molecule has 0 aliphatic rings. The number of nitrogens with one attached hydrogen (secondary N) is 1. The molecule has 14 heavy (non-hydrogen) atoms. The fourth-order valence-electron chi connectivity index (χ4n) is 0.718. The zero-order valence-corrected chi connectivity index (χ0v) is 8.70. The number of carbonyl (C=O) groups is 1. The first-order valence-corrected chi connectivity index (χ1v) is 4.37. The maximum absolute atomic E-state index is 11.0. The molecular formula is C9H17NO4. The van der Waals surface area contributed by atoms with Crippen LogP contribution < -0.4 is 5.32 Å². The van der Waals surface area contributed by atoms with Gasteiger partial charge in [-0.2, -0.15) is 0 Å². The Morgan fingerprint density at radius 2 is 2.14 bits per heavy atom. The summed E-state index contributed by atoms with van der Waals surface area (Å²) in [6, 6.07) is 0. The van der Waals surface area contributed by atoms with Crippen molar-refractivity contribution in [2.24, 2.45) is 0 Å². The molecule has 5 nitrogen and oxygen atoms in total. The molecule has 5 heteroatoms. The molecule has 0 aliphatic carbocycles. The average molecular weight is 203 g/mol. The highest BCUT2D eigenvalue weighted by Crippen LogP contribution is 2.03. The van der Waals surface area contributed by atoms with Crippen molar-refractivity contribution >= 4 is 5.97 Å². The summed E-state index contributed by atoms with van der Waals surface area (Å²) in [6.07, 6.45) is -0.698. The molecule has 0 rings (SSSR count). The first-order valence-electron chi connectivity index (χ1n) is 4.37. The van der Waals surface area contributed by atoms with Crippen LogP contribution in [0.15, 0.2) is 12.2 Å². The molecule has 0 radical (unpaired) electrons. The molecule has 0 fully saturated rings. The molecular weight excluding hydrogens is 186 g/mol. The summed E-state index contributed by atoms with van der Waals surface area (Å²) in [4.78, 5) is 11.0. The molecule has 1 unspecified atom stereocenters. The van der Waals surface area contributed by atoms with Gasteiger partial charge in [0.25, 0.3) is 0 Å². The number of hydrogen-bond donors (Lipinski definition) is 3. The fourth-order valence-corrected chi connectivity index (χ4v) is 0.718. The van der Waals surface area contributed by atoms with Gasteiger partial charge in [0.1, 0.15) is 0 Å². The molecule has 0 saturated heterocycles. The summed E-state index contributed by atoms with van der Waals surface area (Å²) in [7, 11) is 0. The van der Waals surface area contributed by atoms with E-state index in [1.54, 1.807) is 6.92 Å². The van der Waals surface area contributed by atoms with E-state index in [1.165, 1.54) is 13.8 Å². The maximum atomic E-state index is 11.0. The first-order chi connectivity index (χ1) is 6.28. The van der Waals surface area contributed by atoms with Crippen molar-refractivity contribution in [1.82, 2.24) is 5.32 Å². The third kappa shape index (κ3) is 4.96. The van der Waals surface area contributed by atoms with E-state index < -0.39 is 18.1 Å². The van der Waals surface area contributed by atoms with Gasteiger partial charge in [-0.25, -0.2) is 10.1 Å². The number of carbonyl (C=O) groups excluding carboxylic acids is 1. The van der Waals surface area contributed by atoms with E-state index in [1.807, 2.05) is 0 Å². The van der Waals surface area contributed by atoms with Crippen LogP contribution >= 0.6 is 0 Å². The SMILES string of the molecule is C=C(C)C(=O)OC(C)NC(O)(O)CC. The lowest BCUT2D eigenvalue weighted by atomic mass is 10.3. The Kier molecular flexibility index (Phi) is 4.76. The van der Waals surface area contributed by atoms with Crippen LogP contribution in [-0.2, 0) is 9.53 Å². The van der Waals surface area contributed by atoms with E-state index in [2.05, 4.69) is 11.9 Å². The van der Waals surface area contributed by atoms with Gasteiger partial charge in [-0.3, -0.25) is 0 Å². The highest BCUT2D eigenvalue weighted by Gasteiger charge is 2.23. The van der Waals surface area contributed by atoms with Crippen molar-refractivity contribution < 1.29 is 19.7 Å². The topological polar surface area (TPSA) is 78.8 Å². The highest BCUT2D eigenvalue weighted by molar-refractivity contribution is 5.87. The third-order valence-corrected chi connectivity index (χ3v) is 1.56. The first kappa shape index (κ1) is 13.1. The number of esters is 1. The molecule has 1 atom stereocenters. The predicted octanol–water partition coefficient (Wildman–Crippen LogP) is 0.0897. The Balaban J connectivity index is 4.05. The van der Waals surface area contributed by atoms with Crippen molar-refractivity contribution in [3.8, 4) is 0 Å². The summed E-state index contributed by atoms with van der Waals surface area (Å²) in [6.45, 7) is 7.99. The Hall–Kier alpha value is -0.910. The molecule has 0 saturated carbocycles. The lowest BCUT2D eigenvalue weighted by Gasteiger charge is -2.25. The van der Waals surface area contributed by atoms with E-state index in [-0.39, 0.29) is 12.0 Å². The monoisotopic (exact) mass is 203 g/mol. The van der Waals surface area contributed by atoms with Crippen LogP contribution in [0.1, 0.15) is 27.2 Å². The minimum Gasteiger partial charge on any atom is -0.443 e. The molecule has 0 aromatic rings. The van der Waals surface area contributed by atoms with Gasteiger partial charge < -0.3 is 14.9 Å². The molecule has 82 valence electrons. The molecule has 0 aromatic heterocycles. The molecule has 0 aliphatic heterocycles. The standard InChI is InChI=1S/C9H17NO4/c1-5-9(12,13)10-7(4)14-8(11)6(2)3/h7,10,12-13H,2,5H2,1,3-4H3. The second-order valence-electron chi connectivity index (χ2n) is 3.14. The normalized spacial score (nSPS) is 13.5. The molecule has 0 heterocycles. The Bertz CT molecular complexity index is 225. The number of hydrogen-bond acceptors (Lipinski definition) is 5. The Labute approximate surface area is 83.4 Å². The number of aliphatic hydroxyl groups is 2. The van der Waals surface area contributed by atoms with Crippen LogP contribution in [-0.4, -0.2) is 28.3 Å². The molecule has 0 aromatic carbocycles. The molecule has 0 spiro atoms. The van der Waals surface area contributed by atoms with Gasteiger partial charge in [-0.1, -0.05) is 13.5 Å². The van der Waals surface area contributed by atoms with Crippen molar-refractivity contribution in [1.29, 1.82) is 0 Å². The van der Waals surface area contributed by atoms with Crippen molar-refractivity contribution in [2.45, 2.75) is 39.3 Å². The van der Waals surface area contributed by atoms with Crippen LogP contribution in [0.5, 0.6) is 0 Å². The minimum absolute atomic E-state index is 0.0853. The summed E-state index contributed by atoms with van der Waals surface area (Å²) >= 11 is 0. The summed E-state index contributed by atoms with van der Waals surface area (Å²) < 4.78 is 4.78. The number of rotatable bonds is 5. The summed E-state index contributed by atoms with van der Waals surface area (Å²) in [5.41, 5.74) is 0.261. The average Bonchev–Trinajstić information content (AvgIpc) is 2.02. The maximum Gasteiger partial charge on any atom is 0.334 e. The van der Waals surface area contributed by atoms with Crippen molar-refractivity contribution in [2.75, 3.05) is 0 Å². The molecule has 3 N–H and O–H groups in total. The smallest absolute Gasteiger partial charge is 0.334 e. The largest absolute Gasteiger partial charge is 0.443 e. The van der Waals surface area contributed by atoms with Gasteiger partial charge in [0.15, 0.2) is 6.23 Å². The summed E-state index contributed by atoms with van der Waals surface area (Å²) in [5, 5.41) is 20.7. The van der Waals surface area contributed by atoms with Crippen LogP contribution in [0.2, 0.25) is 0 Å². The number of ether oxygens (including phenoxy) is 1. The van der Waals surface area contributed by atoms with E-state index in [4.69, 9.17) is 4.74 Å². The van der Waals surface area contributed by atoms with Crippen molar-refractivity contribution in [3.63, 3.8) is 0 Å². The van der Waals surface area contributed by atoms with E-state index in [0.717, 1.165) is 0 Å². The van der Waals surface area contributed by atoms with Gasteiger partial charge in [-0.05, 0) is 13.8 Å². The predicted molar refractivity (Wildman–Crippen MR) is 51.0 cm³/mol. The van der Waals surface area contributed by atoms with Gasteiger partial charge in [0, 0.05) is 12.0 Å². The van der Waals surface area contributed by atoms with E-state index >= 15 is 0 Å². The van der Waals surface area contributed by atoms with Crippen LogP contribution in [0.3, 0.4) is 0 Å². The van der Waals surface area contributed by atoms with Gasteiger partial charge in [0.05, 0.1) is 0 Å². The Morgan fingerprint density at radius 3 is 2.50 bits per heavy atom. The quantitative estimate of drug-likeness (QED) is 0.335. The zero-order chi connectivity index (χ0) is 11.4. The lowest BCUT2D eigenvalue weighted by Crippen LogP contribution is -2.50. The molecule has 0 bridgehead atoms. The van der Waals surface area contributed by atoms with Crippen LogP contribution in [0.4, 0.5) is 0 Å². The Morgan fingerprint density at radius 1 is 1.64 bits per heavy atom. The molecule has 0 amide bonds. The second kappa shape index (κ2) is 5.09. The third-order valence-electron chi connectivity index (χ3n) is 1.56. The second-order valence-corrected chi connectivity index (χ2v) is 3.14. The van der Waals surface area contributed by atoms with Gasteiger partial charge in [-0.15, -0.1) is 0 Å². The van der Waals surface area contributed by atoms with Gasteiger partial charge in [0.2, 0.25) is 5.91 Å². The van der Waals surface area contributed by atoms with Crippen LogP contribution in [0.25, 0.3) is 0 Å². The zero-order valence-electron chi connectivity index (χ0n) is 8.70. The minimum atomic E-state index is -2.02. The fraction of sp³-hybridized carbons (Fsp3) is 0.667. The summed E-state index contributed by atoms with van der Waals surface area (Å²) in [5.74, 6) is -2.59. The van der Waals surface area contributed by atoms with Crippen molar-refractivity contribution in [3.05, 3.63) is 12.2 Å². The highest BCUT2D eigenvalue weighted by atomic mass is 16.6. The van der Waals surface area contributed by atoms with Crippen LogP contribution in [0, 0.1) is 0 Å². The van der Waals surface area contributed by atoms with E-state index in [0.29, 0.717) is 0 Å².